The van der Waals surface area contributed by atoms with Gasteiger partial charge in [0.15, 0.2) is 0 Å². The van der Waals surface area contributed by atoms with E-state index >= 15 is 0 Å². The molecule has 11 heteroatoms. The molecule has 1 fully saturated rings. The fraction of sp³-hybridized carbons (Fsp3) is 0.524. The largest absolute Gasteiger partial charge is 0.394 e. The normalized spacial score (nSPS) is 16.9. The van der Waals surface area contributed by atoms with Gasteiger partial charge < -0.3 is 20.6 Å². The number of nitrogens with zero attached hydrogens (tertiary/aromatic N) is 3. The van der Waals surface area contributed by atoms with Crippen LogP contribution in [0, 0.1) is 0 Å². The number of halogens is 1. The molecule has 10 nitrogen and oxygen atoms in total. The number of amides is 1. The van der Waals surface area contributed by atoms with E-state index in [1.54, 1.807) is 0 Å². The minimum Gasteiger partial charge on any atom is -0.394 e. The van der Waals surface area contributed by atoms with Crippen molar-refractivity contribution >= 4 is 17.5 Å². The van der Waals surface area contributed by atoms with E-state index in [0.29, 0.717) is 12.8 Å². The quantitative estimate of drug-likeness (QED) is 0.426. The van der Waals surface area contributed by atoms with Crippen LogP contribution >= 0.6 is 11.6 Å². The first-order chi connectivity index (χ1) is 15.2. The molecule has 4 N–H and O–H groups in total. The summed E-state index contributed by atoms with van der Waals surface area (Å²) in [6, 6.07) is 4.25. The number of aliphatic hydroxyl groups excluding tert-OH is 2. The standard InChI is InChI=1S/C21H27ClN4O6/c22-17-6-5-14(26-20(31)25(11-15(28)12-27)18(29)10-24-26)9-16(17)19(30)23-13-21(32)7-3-1-2-4-8-21/h5-6,9-10,15,27-28,32H,1-4,7-8,11-13H2,(H,23,30)/t15-/m1/s1. The van der Waals surface area contributed by atoms with Gasteiger partial charge in [-0.05, 0) is 31.0 Å². The summed E-state index contributed by atoms with van der Waals surface area (Å²) < 4.78 is 1.64. The third-order valence-corrected chi connectivity index (χ3v) is 5.95. The average molecular weight is 467 g/mol. The summed E-state index contributed by atoms with van der Waals surface area (Å²) in [5.74, 6) is -0.508. The fourth-order valence-electron chi connectivity index (χ4n) is 3.77. The van der Waals surface area contributed by atoms with Gasteiger partial charge in [0.05, 0.1) is 41.1 Å². The molecule has 1 amide bonds. The molecular weight excluding hydrogens is 440 g/mol. The number of hydrogen-bond acceptors (Lipinski definition) is 7. The Morgan fingerprint density at radius 3 is 2.56 bits per heavy atom. The minimum atomic E-state index is -1.29. The van der Waals surface area contributed by atoms with E-state index in [2.05, 4.69) is 10.4 Å². The predicted octanol–water partition coefficient (Wildman–Crippen LogP) is 0.216. The molecule has 32 heavy (non-hydrogen) atoms. The van der Waals surface area contributed by atoms with Crippen LogP contribution in [0.4, 0.5) is 0 Å². The van der Waals surface area contributed by atoms with Crippen molar-refractivity contribution in [2.24, 2.45) is 0 Å². The summed E-state index contributed by atoms with van der Waals surface area (Å²) in [5, 5.41) is 36.1. The number of carbonyl (C=O) groups is 1. The van der Waals surface area contributed by atoms with Gasteiger partial charge in [0.1, 0.15) is 6.20 Å². The lowest BCUT2D eigenvalue weighted by atomic mass is 9.94. The maximum absolute atomic E-state index is 12.8. The molecule has 0 radical (unpaired) electrons. The van der Waals surface area contributed by atoms with Gasteiger partial charge in [0.2, 0.25) is 0 Å². The number of benzene rings is 1. The van der Waals surface area contributed by atoms with Gasteiger partial charge in [-0.1, -0.05) is 37.3 Å². The lowest BCUT2D eigenvalue weighted by Gasteiger charge is -2.26. The lowest BCUT2D eigenvalue weighted by Crippen LogP contribution is -2.43. The Hall–Kier alpha value is -2.53. The van der Waals surface area contributed by atoms with Gasteiger partial charge in [-0.15, -0.1) is 0 Å². The minimum absolute atomic E-state index is 0.0863. The van der Waals surface area contributed by atoms with Gasteiger partial charge in [0.25, 0.3) is 11.5 Å². The van der Waals surface area contributed by atoms with E-state index in [1.165, 1.54) is 18.2 Å². The van der Waals surface area contributed by atoms with Crippen LogP contribution in [-0.4, -0.2) is 60.4 Å². The molecular formula is C21H27ClN4O6. The second-order valence-electron chi connectivity index (χ2n) is 8.11. The van der Waals surface area contributed by atoms with Crippen LogP contribution in [0.15, 0.2) is 34.0 Å². The molecule has 0 saturated heterocycles. The zero-order valence-electron chi connectivity index (χ0n) is 17.5. The zero-order chi connectivity index (χ0) is 23.3. The van der Waals surface area contributed by atoms with E-state index < -0.39 is 42.0 Å². The number of aliphatic hydroxyl groups is 3. The van der Waals surface area contributed by atoms with E-state index in [-0.39, 0.29) is 22.8 Å². The highest BCUT2D eigenvalue weighted by Crippen LogP contribution is 2.26. The highest BCUT2D eigenvalue weighted by Gasteiger charge is 2.29. The van der Waals surface area contributed by atoms with Gasteiger partial charge in [0, 0.05) is 6.54 Å². The molecule has 174 valence electrons. The highest BCUT2D eigenvalue weighted by atomic mass is 35.5. The van der Waals surface area contributed by atoms with Gasteiger partial charge in [-0.2, -0.15) is 9.78 Å². The Morgan fingerprint density at radius 2 is 1.91 bits per heavy atom. The maximum Gasteiger partial charge on any atom is 0.352 e. The highest BCUT2D eigenvalue weighted by molar-refractivity contribution is 6.33. The Balaban J connectivity index is 1.86. The number of aromatic nitrogens is 3. The zero-order valence-corrected chi connectivity index (χ0v) is 18.3. The Labute approximate surface area is 189 Å². The van der Waals surface area contributed by atoms with Gasteiger partial charge in [-0.25, -0.2) is 4.79 Å². The van der Waals surface area contributed by atoms with E-state index in [4.69, 9.17) is 16.7 Å². The van der Waals surface area contributed by atoms with E-state index in [9.17, 15) is 24.6 Å². The van der Waals surface area contributed by atoms with Crippen molar-refractivity contribution in [3.8, 4) is 5.69 Å². The second kappa shape index (κ2) is 10.4. The molecule has 0 unspecified atom stereocenters. The smallest absolute Gasteiger partial charge is 0.352 e. The SMILES string of the molecule is O=C(NCC1(O)CCCCCC1)c1cc(-n2ncc(=O)n(C[C@@H](O)CO)c2=O)ccc1Cl. The molecule has 1 aromatic carbocycles. The molecule has 1 aliphatic rings. The summed E-state index contributed by atoms with van der Waals surface area (Å²) in [7, 11) is 0. The van der Waals surface area contributed by atoms with Crippen LogP contribution in [-0.2, 0) is 6.54 Å². The second-order valence-corrected chi connectivity index (χ2v) is 8.52. The molecule has 0 spiro atoms. The Kier molecular flexibility index (Phi) is 7.83. The molecule has 1 aliphatic carbocycles. The van der Waals surface area contributed by atoms with Crippen molar-refractivity contribution in [3.63, 3.8) is 0 Å². The van der Waals surface area contributed by atoms with Crippen molar-refractivity contribution < 1.29 is 20.1 Å². The van der Waals surface area contributed by atoms with Gasteiger partial charge >= 0.3 is 5.69 Å². The van der Waals surface area contributed by atoms with E-state index in [1.807, 2.05) is 0 Å². The van der Waals surface area contributed by atoms with E-state index in [0.717, 1.165) is 41.1 Å². The van der Waals surface area contributed by atoms with Crippen LogP contribution < -0.4 is 16.6 Å². The molecule has 0 bridgehead atoms. The molecule has 0 aliphatic heterocycles. The first-order valence-corrected chi connectivity index (χ1v) is 10.9. The third-order valence-electron chi connectivity index (χ3n) is 5.62. The molecule has 3 rings (SSSR count). The van der Waals surface area contributed by atoms with Crippen molar-refractivity contribution in [1.82, 2.24) is 19.7 Å². The monoisotopic (exact) mass is 466 g/mol. The predicted molar refractivity (Wildman–Crippen MR) is 117 cm³/mol. The number of hydrogen-bond donors (Lipinski definition) is 4. The third kappa shape index (κ3) is 5.63. The summed E-state index contributed by atoms with van der Waals surface area (Å²) in [6.07, 6.45) is 4.75. The lowest BCUT2D eigenvalue weighted by molar-refractivity contribution is 0.0246. The van der Waals surface area contributed by atoms with Crippen molar-refractivity contribution in [2.75, 3.05) is 13.2 Å². The van der Waals surface area contributed by atoms with Crippen LogP contribution in [0.25, 0.3) is 5.69 Å². The first kappa shape index (κ1) is 24.1. The van der Waals surface area contributed by atoms with Crippen molar-refractivity contribution in [2.45, 2.75) is 56.8 Å². The summed E-state index contributed by atoms with van der Waals surface area (Å²) in [5.41, 5.74) is -2.26. The van der Waals surface area contributed by atoms with Crippen molar-refractivity contribution in [1.29, 1.82) is 0 Å². The number of nitrogens with one attached hydrogen (secondary N) is 1. The fourth-order valence-corrected chi connectivity index (χ4v) is 3.97. The molecule has 1 saturated carbocycles. The Bertz CT molecular complexity index is 1070. The molecule has 2 aromatic rings. The summed E-state index contributed by atoms with van der Waals surface area (Å²) in [6.45, 7) is -0.934. The van der Waals surface area contributed by atoms with Crippen LogP contribution in [0.1, 0.15) is 48.9 Å². The van der Waals surface area contributed by atoms with Crippen LogP contribution in [0.3, 0.4) is 0 Å². The Morgan fingerprint density at radius 1 is 1.22 bits per heavy atom. The molecule has 1 aromatic heterocycles. The van der Waals surface area contributed by atoms with Crippen LogP contribution in [0.2, 0.25) is 5.02 Å². The average Bonchev–Trinajstić information content (AvgIpc) is 3.00. The van der Waals surface area contributed by atoms with Crippen LogP contribution in [0.5, 0.6) is 0 Å². The molecule has 1 atom stereocenters. The topological polar surface area (TPSA) is 147 Å². The van der Waals surface area contributed by atoms with Crippen molar-refractivity contribution in [3.05, 3.63) is 55.8 Å². The molecule has 1 heterocycles. The number of rotatable bonds is 7. The summed E-state index contributed by atoms with van der Waals surface area (Å²) in [4.78, 5) is 37.5. The maximum atomic E-state index is 12.8. The first-order valence-electron chi connectivity index (χ1n) is 10.5. The summed E-state index contributed by atoms with van der Waals surface area (Å²) >= 11 is 6.20. The van der Waals surface area contributed by atoms with Gasteiger partial charge in [-0.3, -0.25) is 14.2 Å². The number of carbonyl (C=O) groups excluding carboxylic acids is 1.